The molecule has 0 saturated heterocycles. The third-order valence-corrected chi connectivity index (χ3v) is 3.39. The van der Waals surface area contributed by atoms with Crippen molar-refractivity contribution in [3.63, 3.8) is 0 Å². The zero-order valence-corrected chi connectivity index (χ0v) is 13.0. The maximum atomic E-state index is 11.6. The van der Waals surface area contributed by atoms with E-state index in [1.54, 1.807) is 0 Å². The first-order valence-electron chi connectivity index (χ1n) is 7.04. The standard InChI is InChI=1S/C15H22O7/c1-4-5-6-15(19,9-11(16)14(18)21-3)12-7-10(20-2)8-13(17)22-12/h7-8,11,16,19H,4-6,9H2,1-3H3/t11-,15-/m1/s1. The van der Waals surface area contributed by atoms with Crippen LogP contribution in [0, 0.1) is 0 Å². The topological polar surface area (TPSA) is 106 Å². The first kappa shape index (κ1) is 18.2. The lowest BCUT2D eigenvalue weighted by atomic mass is 9.87. The van der Waals surface area contributed by atoms with Crippen LogP contribution in [0.1, 0.15) is 38.4 Å². The summed E-state index contributed by atoms with van der Waals surface area (Å²) in [6.07, 6.45) is -0.247. The Morgan fingerprint density at radius 1 is 1.41 bits per heavy atom. The molecule has 0 amide bonds. The zero-order valence-electron chi connectivity index (χ0n) is 13.0. The molecule has 0 aliphatic carbocycles. The fourth-order valence-electron chi connectivity index (χ4n) is 2.14. The second kappa shape index (κ2) is 7.95. The lowest BCUT2D eigenvalue weighted by Crippen LogP contribution is -2.35. The normalized spacial score (nSPS) is 15.0. The summed E-state index contributed by atoms with van der Waals surface area (Å²) in [4.78, 5) is 22.9. The maximum Gasteiger partial charge on any atom is 0.339 e. The van der Waals surface area contributed by atoms with Gasteiger partial charge in [0, 0.05) is 12.5 Å². The van der Waals surface area contributed by atoms with Gasteiger partial charge in [-0.05, 0) is 6.42 Å². The molecule has 124 valence electrons. The second-order valence-corrected chi connectivity index (χ2v) is 5.06. The van der Waals surface area contributed by atoms with Crippen molar-refractivity contribution in [2.24, 2.45) is 0 Å². The minimum atomic E-state index is -1.67. The quantitative estimate of drug-likeness (QED) is 0.688. The van der Waals surface area contributed by atoms with Crippen molar-refractivity contribution in [2.75, 3.05) is 14.2 Å². The van der Waals surface area contributed by atoms with Gasteiger partial charge in [-0.1, -0.05) is 19.8 Å². The molecule has 2 N–H and O–H groups in total. The van der Waals surface area contributed by atoms with Crippen LogP contribution in [0.3, 0.4) is 0 Å². The van der Waals surface area contributed by atoms with Crippen LogP contribution in [-0.2, 0) is 15.1 Å². The highest BCUT2D eigenvalue weighted by molar-refractivity contribution is 5.74. The number of carbonyl (C=O) groups is 1. The summed E-state index contributed by atoms with van der Waals surface area (Å²) in [6, 6.07) is 2.52. The van der Waals surface area contributed by atoms with Crippen molar-refractivity contribution < 1.29 is 28.9 Å². The minimum absolute atomic E-state index is 0.0479. The first-order valence-corrected chi connectivity index (χ1v) is 7.04. The largest absolute Gasteiger partial charge is 0.496 e. The molecule has 0 aliphatic rings. The van der Waals surface area contributed by atoms with Crippen LogP contribution in [0.15, 0.2) is 21.3 Å². The summed E-state index contributed by atoms with van der Waals surface area (Å²) in [5.74, 6) is -0.679. The SMILES string of the molecule is CCCC[C@@](O)(C[C@@H](O)C(=O)OC)c1cc(OC)cc(=O)o1. The summed E-state index contributed by atoms with van der Waals surface area (Å²) in [6.45, 7) is 1.93. The van der Waals surface area contributed by atoms with E-state index >= 15 is 0 Å². The van der Waals surface area contributed by atoms with Crippen LogP contribution in [0.2, 0.25) is 0 Å². The predicted octanol–water partition coefficient (Wildman–Crippen LogP) is 0.950. The molecule has 1 rings (SSSR count). The molecule has 0 bridgehead atoms. The molecule has 0 saturated carbocycles. The van der Waals surface area contributed by atoms with Crippen LogP contribution in [0.25, 0.3) is 0 Å². The van der Waals surface area contributed by atoms with Crippen LogP contribution in [0.5, 0.6) is 5.75 Å². The third-order valence-electron chi connectivity index (χ3n) is 3.39. The van der Waals surface area contributed by atoms with Crippen molar-refractivity contribution in [2.45, 2.75) is 44.3 Å². The van der Waals surface area contributed by atoms with Gasteiger partial charge in [0.05, 0.1) is 20.3 Å². The molecule has 0 fully saturated rings. The number of esters is 1. The average molecular weight is 314 g/mol. The van der Waals surface area contributed by atoms with Gasteiger partial charge in [0.2, 0.25) is 0 Å². The van der Waals surface area contributed by atoms with Gasteiger partial charge in [0.1, 0.15) is 17.1 Å². The fourth-order valence-corrected chi connectivity index (χ4v) is 2.14. The summed E-state index contributed by atoms with van der Waals surface area (Å²) in [5.41, 5.74) is -2.35. The number of ether oxygens (including phenoxy) is 2. The number of hydrogen-bond donors (Lipinski definition) is 2. The lowest BCUT2D eigenvalue weighted by Gasteiger charge is -2.28. The van der Waals surface area contributed by atoms with Gasteiger partial charge in [-0.15, -0.1) is 0 Å². The highest BCUT2D eigenvalue weighted by Gasteiger charge is 2.37. The Morgan fingerprint density at radius 3 is 2.64 bits per heavy atom. The minimum Gasteiger partial charge on any atom is -0.496 e. The van der Waals surface area contributed by atoms with Gasteiger partial charge < -0.3 is 24.1 Å². The molecular weight excluding hydrogens is 292 g/mol. The van der Waals surface area contributed by atoms with Crippen molar-refractivity contribution >= 4 is 5.97 Å². The number of methoxy groups -OCH3 is 2. The predicted molar refractivity (Wildman–Crippen MR) is 77.6 cm³/mol. The molecule has 1 heterocycles. The molecule has 7 heteroatoms. The Morgan fingerprint density at radius 2 is 2.09 bits per heavy atom. The first-order chi connectivity index (χ1) is 10.4. The fraction of sp³-hybridized carbons (Fsp3) is 0.600. The van der Waals surface area contributed by atoms with Gasteiger partial charge in [-0.3, -0.25) is 0 Å². The van der Waals surface area contributed by atoms with Crippen LogP contribution in [0.4, 0.5) is 0 Å². The lowest BCUT2D eigenvalue weighted by molar-refractivity contribution is -0.155. The third kappa shape index (κ3) is 4.57. The number of aliphatic hydroxyl groups is 2. The highest BCUT2D eigenvalue weighted by Crippen LogP contribution is 2.33. The van der Waals surface area contributed by atoms with Gasteiger partial charge in [0.15, 0.2) is 6.10 Å². The van der Waals surface area contributed by atoms with Crippen LogP contribution in [-0.4, -0.2) is 36.5 Å². The molecule has 0 radical (unpaired) electrons. The molecular formula is C15H22O7. The summed E-state index contributed by atoms with van der Waals surface area (Å²) in [7, 11) is 2.52. The van der Waals surface area contributed by atoms with Crippen molar-refractivity contribution in [1.29, 1.82) is 0 Å². The Kier molecular flexibility index (Phi) is 6.58. The van der Waals surface area contributed by atoms with E-state index in [9.17, 15) is 19.8 Å². The zero-order chi connectivity index (χ0) is 16.8. The van der Waals surface area contributed by atoms with E-state index in [2.05, 4.69) is 4.74 Å². The molecule has 0 aliphatic heterocycles. The van der Waals surface area contributed by atoms with Crippen LogP contribution >= 0.6 is 0 Å². The molecule has 0 unspecified atom stereocenters. The van der Waals surface area contributed by atoms with Crippen LogP contribution < -0.4 is 10.4 Å². The Hall–Kier alpha value is -1.86. The van der Waals surface area contributed by atoms with E-state index in [-0.39, 0.29) is 24.4 Å². The number of carbonyl (C=O) groups excluding carboxylic acids is 1. The number of rotatable bonds is 8. The second-order valence-electron chi connectivity index (χ2n) is 5.06. The Bertz CT molecular complexity index is 551. The maximum absolute atomic E-state index is 11.6. The molecule has 2 atom stereocenters. The molecule has 1 aromatic rings. The van der Waals surface area contributed by atoms with Crippen molar-refractivity contribution in [3.8, 4) is 5.75 Å². The van der Waals surface area contributed by atoms with E-state index in [0.29, 0.717) is 6.42 Å². The number of aliphatic hydroxyl groups excluding tert-OH is 1. The van der Waals surface area contributed by atoms with Gasteiger partial charge in [-0.2, -0.15) is 0 Å². The van der Waals surface area contributed by atoms with E-state index < -0.39 is 23.3 Å². The van der Waals surface area contributed by atoms with E-state index in [1.165, 1.54) is 13.2 Å². The monoisotopic (exact) mass is 314 g/mol. The number of hydrogen-bond acceptors (Lipinski definition) is 7. The average Bonchev–Trinajstić information content (AvgIpc) is 2.51. The molecule has 1 aromatic heterocycles. The van der Waals surface area contributed by atoms with Crippen molar-refractivity contribution in [1.82, 2.24) is 0 Å². The number of unbranched alkanes of at least 4 members (excludes halogenated alkanes) is 1. The van der Waals surface area contributed by atoms with Gasteiger partial charge >= 0.3 is 11.6 Å². The van der Waals surface area contributed by atoms with Gasteiger partial charge in [-0.25, -0.2) is 9.59 Å². The smallest absolute Gasteiger partial charge is 0.339 e. The van der Waals surface area contributed by atoms with Crippen molar-refractivity contribution in [3.05, 3.63) is 28.3 Å². The Labute approximate surface area is 128 Å². The van der Waals surface area contributed by atoms with E-state index in [4.69, 9.17) is 9.15 Å². The molecule has 22 heavy (non-hydrogen) atoms. The van der Waals surface area contributed by atoms with E-state index in [0.717, 1.165) is 19.6 Å². The summed E-state index contributed by atoms with van der Waals surface area (Å²) < 4.78 is 14.5. The Balaban J connectivity index is 3.17. The highest BCUT2D eigenvalue weighted by atomic mass is 16.5. The molecule has 7 nitrogen and oxygen atoms in total. The summed E-state index contributed by atoms with van der Waals surface area (Å²) >= 11 is 0. The van der Waals surface area contributed by atoms with Gasteiger partial charge in [0.25, 0.3) is 0 Å². The van der Waals surface area contributed by atoms with E-state index in [1.807, 2.05) is 6.92 Å². The summed E-state index contributed by atoms with van der Waals surface area (Å²) in [5, 5.41) is 20.6. The molecule has 0 spiro atoms. The molecule has 0 aromatic carbocycles.